The maximum atomic E-state index is 13.7. The molecule has 0 N–H and O–H groups in total. The van der Waals surface area contributed by atoms with Crippen LogP contribution in [-0.2, 0) is 19.7 Å². The van der Waals surface area contributed by atoms with E-state index in [2.05, 4.69) is 0 Å². The molecular weight excluding hydrogens is 416 g/mol. The summed E-state index contributed by atoms with van der Waals surface area (Å²) in [6, 6.07) is 14.8. The molecule has 2 heterocycles. The summed E-state index contributed by atoms with van der Waals surface area (Å²) in [6.45, 7) is 3.91. The van der Waals surface area contributed by atoms with Crippen LogP contribution in [0.2, 0.25) is 0 Å². The van der Waals surface area contributed by atoms with Crippen LogP contribution in [0.25, 0.3) is 27.8 Å². The van der Waals surface area contributed by atoms with Gasteiger partial charge in [-0.25, -0.2) is 16.8 Å². The van der Waals surface area contributed by atoms with E-state index in [1.165, 1.54) is 0 Å². The highest BCUT2D eigenvalue weighted by Gasteiger charge is 2.55. The van der Waals surface area contributed by atoms with Crippen LogP contribution in [0.4, 0.5) is 0 Å². The largest absolute Gasteiger partial charge is 0.223 e. The third kappa shape index (κ3) is 2.10. The van der Waals surface area contributed by atoms with Crippen LogP contribution in [0.15, 0.2) is 58.3 Å². The van der Waals surface area contributed by atoms with Crippen molar-refractivity contribution in [3.8, 4) is 0 Å². The van der Waals surface area contributed by atoms with Gasteiger partial charge in [0.05, 0.1) is 20.0 Å². The van der Waals surface area contributed by atoms with Crippen molar-refractivity contribution in [2.24, 2.45) is 5.92 Å². The van der Waals surface area contributed by atoms with Gasteiger partial charge in [0.15, 0.2) is 9.84 Å². The van der Waals surface area contributed by atoms with Crippen molar-refractivity contribution in [3.05, 3.63) is 80.6 Å². The van der Waals surface area contributed by atoms with Crippen molar-refractivity contribution in [1.82, 2.24) is 0 Å². The van der Waals surface area contributed by atoms with Crippen LogP contribution >= 0.6 is 0 Å². The van der Waals surface area contributed by atoms with Gasteiger partial charge in [-0.1, -0.05) is 65.7 Å². The normalized spacial score (nSPS) is 24.5. The average Bonchev–Trinajstić information content (AvgIpc) is 3.07. The summed E-state index contributed by atoms with van der Waals surface area (Å²) >= 11 is 0. The smallest absolute Gasteiger partial charge is 0.205 e. The lowest BCUT2D eigenvalue weighted by atomic mass is 9.94. The molecule has 2 atom stereocenters. The Bertz CT molecular complexity index is 1690. The second-order valence-electron chi connectivity index (χ2n) is 8.36. The molecule has 1 aliphatic carbocycles. The van der Waals surface area contributed by atoms with Crippen LogP contribution < -0.4 is 10.4 Å². The summed E-state index contributed by atoms with van der Waals surface area (Å²) in [5.41, 5.74) is 2.42. The lowest BCUT2D eigenvalue weighted by Crippen LogP contribution is -2.37. The van der Waals surface area contributed by atoms with Gasteiger partial charge in [-0.2, -0.15) is 0 Å². The fraction of sp³-hybridized carbons (Fsp3) is 0.167. The van der Waals surface area contributed by atoms with Gasteiger partial charge in [0, 0.05) is 11.5 Å². The molecule has 4 nitrogen and oxygen atoms in total. The van der Waals surface area contributed by atoms with Crippen LogP contribution in [-0.4, -0.2) is 22.1 Å². The summed E-state index contributed by atoms with van der Waals surface area (Å²) in [5, 5.41) is 2.34. The first kappa shape index (κ1) is 18.1. The number of sulfone groups is 2. The second kappa shape index (κ2) is 5.50. The summed E-state index contributed by atoms with van der Waals surface area (Å²) in [7, 11) is -7.74. The van der Waals surface area contributed by atoms with Crippen molar-refractivity contribution < 1.29 is 16.8 Å². The minimum absolute atomic E-state index is 0.000943. The molecule has 0 aromatic heterocycles. The quantitative estimate of drug-likeness (QED) is 0.546. The van der Waals surface area contributed by atoms with Gasteiger partial charge in [-0.15, -0.1) is 0 Å². The summed E-state index contributed by atoms with van der Waals surface area (Å²) in [5.74, 6) is -0.696. The molecule has 0 amide bonds. The number of aryl methyl sites for hydroxylation is 2. The second-order valence-corrected chi connectivity index (χ2v) is 12.3. The molecule has 0 spiro atoms. The third-order valence-electron chi connectivity index (χ3n) is 6.41. The van der Waals surface area contributed by atoms with Gasteiger partial charge in [-0.3, -0.25) is 0 Å². The molecule has 0 radical (unpaired) electrons. The Balaban J connectivity index is 1.74. The SMILES string of the molecule is Cc1ccc2c(c1)=CC1C(C=2)C2=C(c3c(ccc4cc(C)ccc34)S2(=O)=O)S1(=O)=O. The van der Waals surface area contributed by atoms with E-state index in [1.807, 2.05) is 56.3 Å². The molecule has 0 saturated heterocycles. The first-order chi connectivity index (χ1) is 14.2. The van der Waals surface area contributed by atoms with E-state index in [1.54, 1.807) is 18.2 Å². The highest BCUT2D eigenvalue weighted by Crippen LogP contribution is 2.55. The van der Waals surface area contributed by atoms with E-state index in [9.17, 15) is 16.8 Å². The molecule has 6 heteroatoms. The summed E-state index contributed by atoms with van der Waals surface area (Å²) in [4.78, 5) is 0.144. The monoisotopic (exact) mass is 434 g/mol. The van der Waals surface area contributed by atoms with E-state index in [-0.39, 0.29) is 14.7 Å². The summed E-state index contributed by atoms with van der Waals surface area (Å²) in [6.07, 6.45) is 3.54. The maximum absolute atomic E-state index is 13.7. The lowest BCUT2D eigenvalue weighted by Gasteiger charge is -2.20. The molecule has 2 unspecified atom stereocenters. The zero-order valence-corrected chi connectivity index (χ0v) is 18.0. The number of benzene rings is 3. The Morgan fingerprint density at radius 2 is 1.50 bits per heavy atom. The molecule has 6 rings (SSSR count). The van der Waals surface area contributed by atoms with Gasteiger partial charge in [0.25, 0.3) is 0 Å². The Morgan fingerprint density at radius 1 is 0.767 bits per heavy atom. The molecule has 2 aliphatic heterocycles. The van der Waals surface area contributed by atoms with Gasteiger partial charge in [0.2, 0.25) is 9.84 Å². The Morgan fingerprint density at radius 3 is 2.30 bits per heavy atom. The fourth-order valence-corrected chi connectivity index (χ4v) is 9.90. The first-order valence-electron chi connectivity index (χ1n) is 9.77. The van der Waals surface area contributed by atoms with Gasteiger partial charge in [0.1, 0.15) is 0 Å². The number of fused-ring (bicyclic) bond motifs is 7. The molecule has 3 aliphatic rings. The average molecular weight is 435 g/mol. The highest BCUT2D eigenvalue weighted by molar-refractivity contribution is 8.05. The molecular formula is C24H18O4S2. The van der Waals surface area contributed by atoms with Crippen molar-refractivity contribution >= 4 is 47.5 Å². The van der Waals surface area contributed by atoms with E-state index < -0.39 is 30.8 Å². The van der Waals surface area contributed by atoms with Crippen molar-refractivity contribution in [3.63, 3.8) is 0 Å². The first-order valence-corrected chi connectivity index (χ1v) is 12.8. The predicted octanol–water partition coefficient (Wildman–Crippen LogP) is 2.60. The summed E-state index contributed by atoms with van der Waals surface area (Å²) < 4.78 is 54.4. The van der Waals surface area contributed by atoms with Crippen molar-refractivity contribution in [2.45, 2.75) is 24.0 Å². The lowest BCUT2D eigenvalue weighted by molar-refractivity contribution is 0.594. The number of hydrogen-bond acceptors (Lipinski definition) is 4. The zero-order valence-electron chi connectivity index (χ0n) is 16.4. The van der Waals surface area contributed by atoms with E-state index in [0.717, 1.165) is 27.0 Å². The topological polar surface area (TPSA) is 68.3 Å². The van der Waals surface area contributed by atoms with Gasteiger partial charge in [-0.05, 0) is 41.1 Å². The molecule has 0 saturated carbocycles. The third-order valence-corrected chi connectivity index (χ3v) is 10.7. The molecule has 30 heavy (non-hydrogen) atoms. The van der Waals surface area contributed by atoms with Crippen LogP contribution in [0.5, 0.6) is 0 Å². The number of rotatable bonds is 0. The predicted molar refractivity (Wildman–Crippen MR) is 118 cm³/mol. The molecule has 150 valence electrons. The minimum atomic E-state index is -3.89. The highest BCUT2D eigenvalue weighted by atomic mass is 32.2. The van der Waals surface area contributed by atoms with E-state index >= 15 is 0 Å². The van der Waals surface area contributed by atoms with Gasteiger partial charge >= 0.3 is 0 Å². The zero-order chi connectivity index (χ0) is 21.0. The minimum Gasteiger partial charge on any atom is -0.223 e. The van der Waals surface area contributed by atoms with Crippen LogP contribution in [0.1, 0.15) is 16.7 Å². The number of hydrogen-bond donors (Lipinski definition) is 0. The Hall–Kier alpha value is -2.70. The van der Waals surface area contributed by atoms with Crippen molar-refractivity contribution in [1.29, 1.82) is 0 Å². The van der Waals surface area contributed by atoms with E-state index in [4.69, 9.17) is 0 Å². The van der Waals surface area contributed by atoms with Crippen LogP contribution in [0, 0.1) is 19.8 Å². The molecule has 3 aromatic carbocycles. The molecule has 0 fully saturated rings. The Labute approximate surface area is 174 Å². The fourth-order valence-electron chi connectivity index (χ4n) is 5.07. The van der Waals surface area contributed by atoms with Crippen molar-refractivity contribution in [2.75, 3.05) is 0 Å². The molecule has 3 aromatic rings. The van der Waals surface area contributed by atoms with Gasteiger partial charge < -0.3 is 0 Å². The maximum Gasteiger partial charge on any atom is 0.205 e. The number of allylic oxidation sites excluding steroid dienone is 1. The van der Waals surface area contributed by atoms with Crippen LogP contribution in [0.3, 0.4) is 0 Å². The van der Waals surface area contributed by atoms with E-state index in [0.29, 0.717) is 10.9 Å². The standard InChI is InChI=1S/C24H18O4S2/c1-13-3-5-15-11-19-21(12-17(15)10-13)30(27,28)24-22-18-7-4-14(2)9-16(18)6-8-20(22)29(25,26)23(19)24/h3-12,19,21H,1-2H3. The Kier molecular flexibility index (Phi) is 3.32. The molecule has 0 bridgehead atoms.